The second-order valence-electron chi connectivity index (χ2n) is 6.43. The maximum atomic E-state index is 12.8. The molecule has 6 nitrogen and oxygen atoms in total. The highest BCUT2D eigenvalue weighted by Gasteiger charge is 2.23. The van der Waals surface area contributed by atoms with Crippen molar-refractivity contribution in [3.8, 4) is 5.82 Å². The molecule has 1 unspecified atom stereocenters. The number of aromatic nitrogens is 2. The molecule has 0 radical (unpaired) electrons. The molecule has 3 N–H and O–H groups in total. The van der Waals surface area contributed by atoms with Crippen LogP contribution in [-0.2, 0) is 11.2 Å². The highest BCUT2D eigenvalue weighted by molar-refractivity contribution is 5.98. The first-order valence-corrected chi connectivity index (χ1v) is 8.72. The molecule has 2 aromatic heterocycles. The predicted octanol–water partition coefficient (Wildman–Crippen LogP) is 2.32. The Bertz CT molecular complexity index is 949. The number of nitrogens with one attached hydrogen (secondary N) is 1. The molecule has 0 aliphatic rings. The topological polar surface area (TPSA) is 90.0 Å². The maximum absolute atomic E-state index is 12.8. The zero-order valence-corrected chi connectivity index (χ0v) is 15.3. The molecule has 0 aliphatic heterocycles. The summed E-state index contributed by atoms with van der Waals surface area (Å²) in [5.41, 5.74) is 8.58. The molecule has 0 aliphatic carbocycles. The van der Waals surface area contributed by atoms with E-state index in [9.17, 15) is 9.59 Å². The molecule has 0 spiro atoms. The fourth-order valence-electron chi connectivity index (χ4n) is 3.14. The van der Waals surface area contributed by atoms with E-state index in [-0.39, 0.29) is 5.91 Å². The lowest BCUT2D eigenvalue weighted by Gasteiger charge is -2.16. The van der Waals surface area contributed by atoms with E-state index in [1.54, 1.807) is 12.3 Å². The lowest BCUT2D eigenvalue weighted by Crippen LogP contribution is -2.46. The van der Waals surface area contributed by atoms with Crippen molar-refractivity contribution in [1.29, 1.82) is 0 Å². The fraction of sp³-hybridized carbons (Fsp3) is 0.190. The molecular weight excluding hydrogens is 340 g/mol. The van der Waals surface area contributed by atoms with E-state index in [0.29, 0.717) is 12.0 Å². The van der Waals surface area contributed by atoms with Gasteiger partial charge in [-0.2, -0.15) is 0 Å². The summed E-state index contributed by atoms with van der Waals surface area (Å²) in [7, 11) is 0. The number of hydrogen-bond acceptors (Lipinski definition) is 3. The van der Waals surface area contributed by atoms with Gasteiger partial charge in [0.15, 0.2) is 0 Å². The fourth-order valence-corrected chi connectivity index (χ4v) is 3.14. The Morgan fingerprint density at radius 1 is 1.11 bits per heavy atom. The van der Waals surface area contributed by atoms with Crippen molar-refractivity contribution in [2.45, 2.75) is 26.3 Å². The van der Waals surface area contributed by atoms with Gasteiger partial charge < -0.3 is 15.6 Å². The van der Waals surface area contributed by atoms with Crippen molar-refractivity contribution in [3.05, 3.63) is 83.3 Å². The maximum Gasteiger partial charge on any atom is 0.253 e. The smallest absolute Gasteiger partial charge is 0.253 e. The lowest BCUT2D eigenvalue weighted by molar-refractivity contribution is -0.119. The summed E-state index contributed by atoms with van der Waals surface area (Å²) in [4.78, 5) is 29.0. The van der Waals surface area contributed by atoms with Gasteiger partial charge in [0.25, 0.3) is 5.91 Å². The minimum atomic E-state index is -0.780. The molecule has 1 aromatic carbocycles. The van der Waals surface area contributed by atoms with Crippen molar-refractivity contribution in [1.82, 2.24) is 14.9 Å². The number of nitrogens with two attached hydrogens (primary N) is 1. The van der Waals surface area contributed by atoms with Gasteiger partial charge in [0, 0.05) is 24.0 Å². The van der Waals surface area contributed by atoms with Crippen LogP contribution in [0.5, 0.6) is 0 Å². The SMILES string of the molecule is Cc1cc(C(=O)NC(Cc2ccccc2)C(N)=O)c(C)n1-c1ccccn1. The van der Waals surface area contributed by atoms with Gasteiger partial charge in [0.1, 0.15) is 11.9 Å². The Morgan fingerprint density at radius 2 is 1.81 bits per heavy atom. The second-order valence-corrected chi connectivity index (χ2v) is 6.43. The number of pyridine rings is 1. The summed E-state index contributed by atoms with van der Waals surface area (Å²) in [5.74, 6) is -0.155. The van der Waals surface area contributed by atoms with Crippen LogP contribution in [0.2, 0.25) is 0 Å². The third kappa shape index (κ3) is 4.06. The molecule has 0 saturated carbocycles. The van der Waals surface area contributed by atoms with Crippen LogP contribution in [0.1, 0.15) is 27.3 Å². The standard InChI is InChI=1S/C21H22N4O2/c1-14-12-17(15(2)25(14)19-10-6-7-11-23-19)21(27)24-18(20(22)26)13-16-8-4-3-5-9-16/h3-12,18H,13H2,1-2H3,(H2,22,26)(H,24,27). The number of aryl methyl sites for hydroxylation is 1. The molecule has 2 amide bonds. The molecule has 27 heavy (non-hydrogen) atoms. The van der Waals surface area contributed by atoms with Gasteiger partial charge in [-0.15, -0.1) is 0 Å². The number of carbonyl (C=O) groups is 2. The quantitative estimate of drug-likeness (QED) is 0.705. The van der Waals surface area contributed by atoms with E-state index in [1.165, 1.54) is 0 Å². The van der Waals surface area contributed by atoms with Crippen LogP contribution < -0.4 is 11.1 Å². The van der Waals surface area contributed by atoms with Crippen LogP contribution in [0.25, 0.3) is 5.82 Å². The Kier molecular flexibility index (Phi) is 5.35. The minimum Gasteiger partial charge on any atom is -0.368 e. The molecule has 0 bridgehead atoms. The van der Waals surface area contributed by atoms with Crippen molar-refractivity contribution < 1.29 is 9.59 Å². The zero-order chi connectivity index (χ0) is 19.4. The van der Waals surface area contributed by atoms with Crippen LogP contribution in [-0.4, -0.2) is 27.4 Å². The number of hydrogen-bond donors (Lipinski definition) is 2. The van der Waals surface area contributed by atoms with Gasteiger partial charge >= 0.3 is 0 Å². The lowest BCUT2D eigenvalue weighted by atomic mass is 10.0. The predicted molar refractivity (Wildman–Crippen MR) is 104 cm³/mol. The monoisotopic (exact) mass is 362 g/mol. The molecule has 3 aromatic rings. The van der Waals surface area contributed by atoms with E-state index < -0.39 is 11.9 Å². The molecule has 138 valence electrons. The summed E-state index contributed by atoms with van der Waals surface area (Å²) in [6.45, 7) is 3.76. The van der Waals surface area contributed by atoms with E-state index in [0.717, 1.165) is 22.8 Å². The van der Waals surface area contributed by atoms with Gasteiger partial charge in [-0.25, -0.2) is 4.98 Å². The van der Waals surface area contributed by atoms with Crippen LogP contribution in [0, 0.1) is 13.8 Å². The van der Waals surface area contributed by atoms with Gasteiger partial charge in [-0.1, -0.05) is 36.4 Å². The Labute approximate surface area is 158 Å². The molecule has 2 heterocycles. The summed E-state index contributed by atoms with van der Waals surface area (Å²) in [6.07, 6.45) is 2.05. The first kappa shape index (κ1) is 18.4. The van der Waals surface area contributed by atoms with Gasteiger partial charge in [-0.3, -0.25) is 9.59 Å². The first-order valence-electron chi connectivity index (χ1n) is 8.72. The van der Waals surface area contributed by atoms with E-state index in [4.69, 9.17) is 5.73 Å². The summed E-state index contributed by atoms with van der Waals surface area (Å²) < 4.78 is 1.91. The normalized spacial score (nSPS) is 11.8. The van der Waals surface area contributed by atoms with Gasteiger partial charge in [-0.05, 0) is 37.6 Å². The number of amides is 2. The van der Waals surface area contributed by atoms with Crippen molar-refractivity contribution >= 4 is 11.8 Å². The van der Waals surface area contributed by atoms with Crippen molar-refractivity contribution in [3.63, 3.8) is 0 Å². The molecule has 1 atom stereocenters. The van der Waals surface area contributed by atoms with Crippen LogP contribution >= 0.6 is 0 Å². The zero-order valence-electron chi connectivity index (χ0n) is 15.3. The second kappa shape index (κ2) is 7.86. The van der Waals surface area contributed by atoms with Crippen LogP contribution in [0.4, 0.5) is 0 Å². The van der Waals surface area contributed by atoms with Gasteiger partial charge in [0.2, 0.25) is 5.91 Å². The number of carbonyl (C=O) groups excluding carboxylic acids is 2. The molecule has 0 saturated heterocycles. The number of benzene rings is 1. The number of primary amides is 1. The molecule has 6 heteroatoms. The average molecular weight is 362 g/mol. The number of nitrogens with zero attached hydrogens (tertiary/aromatic N) is 2. The summed E-state index contributed by atoms with van der Waals surface area (Å²) >= 11 is 0. The average Bonchev–Trinajstić information content (AvgIpc) is 2.97. The molecule has 0 fully saturated rings. The molecule has 3 rings (SSSR count). The van der Waals surface area contributed by atoms with Gasteiger partial charge in [0.05, 0.1) is 5.56 Å². The van der Waals surface area contributed by atoms with E-state index in [1.807, 2.05) is 66.9 Å². The van der Waals surface area contributed by atoms with E-state index in [2.05, 4.69) is 10.3 Å². The van der Waals surface area contributed by atoms with Crippen LogP contribution in [0.15, 0.2) is 60.8 Å². The van der Waals surface area contributed by atoms with Crippen LogP contribution in [0.3, 0.4) is 0 Å². The number of rotatable bonds is 6. The Morgan fingerprint density at radius 3 is 2.44 bits per heavy atom. The minimum absolute atomic E-state index is 0.329. The highest BCUT2D eigenvalue weighted by atomic mass is 16.2. The third-order valence-electron chi connectivity index (χ3n) is 4.49. The highest BCUT2D eigenvalue weighted by Crippen LogP contribution is 2.19. The Balaban J connectivity index is 1.84. The molecular formula is C21H22N4O2. The summed E-state index contributed by atoms with van der Waals surface area (Å²) in [5, 5.41) is 2.77. The summed E-state index contributed by atoms with van der Waals surface area (Å²) in [6, 6.07) is 16.1. The Hall–Kier alpha value is -3.41. The van der Waals surface area contributed by atoms with Crippen molar-refractivity contribution in [2.75, 3.05) is 0 Å². The van der Waals surface area contributed by atoms with Crippen molar-refractivity contribution in [2.24, 2.45) is 5.73 Å². The van der Waals surface area contributed by atoms with E-state index >= 15 is 0 Å². The largest absolute Gasteiger partial charge is 0.368 e. The third-order valence-corrected chi connectivity index (χ3v) is 4.49. The first-order chi connectivity index (χ1) is 13.0.